The molecule has 0 saturated heterocycles. The number of esters is 1. The lowest BCUT2D eigenvalue weighted by Gasteiger charge is -2.23. The minimum atomic E-state index is -1.12. The Hall–Kier alpha value is -2.79. The van der Waals surface area contributed by atoms with Crippen molar-refractivity contribution in [2.75, 3.05) is 6.61 Å². The van der Waals surface area contributed by atoms with Crippen LogP contribution >= 0.6 is 0 Å². The van der Waals surface area contributed by atoms with Crippen LogP contribution in [0.25, 0.3) is 0 Å². The molecule has 2 unspecified atom stereocenters. The SMILES string of the molecule is CCOC(=O)C(N)C(C(=N)C(=O)c1ccccc1)c1ccccc1. The third-order valence-corrected chi connectivity index (χ3v) is 3.67. The molecule has 2 atom stereocenters. The Labute approximate surface area is 141 Å². The average Bonchev–Trinajstić information content (AvgIpc) is 2.63. The van der Waals surface area contributed by atoms with Gasteiger partial charge in [0.25, 0.3) is 0 Å². The molecule has 0 spiro atoms. The molecule has 5 heteroatoms. The summed E-state index contributed by atoms with van der Waals surface area (Å²) in [7, 11) is 0. The molecule has 0 aliphatic heterocycles. The van der Waals surface area contributed by atoms with Crippen LogP contribution in [0, 0.1) is 5.41 Å². The summed E-state index contributed by atoms with van der Waals surface area (Å²) in [6.45, 7) is 1.87. The monoisotopic (exact) mass is 324 g/mol. The van der Waals surface area contributed by atoms with Crippen molar-refractivity contribution in [3.63, 3.8) is 0 Å². The number of nitrogens with one attached hydrogen (secondary N) is 1. The summed E-state index contributed by atoms with van der Waals surface area (Å²) in [5.74, 6) is -1.95. The van der Waals surface area contributed by atoms with Crippen LogP contribution in [0.3, 0.4) is 0 Å². The zero-order valence-corrected chi connectivity index (χ0v) is 13.4. The number of Topliss-reactive ketones (excluding diaryl/α,β-unsaturated/α-hetero) is 1. The molecular weight excluding hydrogens is 304 g/mol. The van der Waals surface area contributed by atoms with Crippen molar-refractivity contribution in [1.82, 2.24) is 0 Å². The van der Waals surface area contributed by atoms with Crippen LogP contribution < -0.4 is 5.73 Å². The number of ketones is 1. The number of benzene rings is 2. The second-order valence-corrected chi connectivity index (χ2v) is 5.28. The molecule has 2 aromatic rings. The summed E-state index contributed by atoms with van der Waals surface area (Å²) < 4.78 is 4.97. The minimum Gasteiger partial charge on any atom is -0.465 e. The maximum absolute atomic E-state index is 12.6. The van der Waals surface area contributed by atoms with Gasteiger partial charge in [0.1, 0.15) is 6.04 Å². The maximum atomic E-state index is 12.6. The van der Waals surface area contributed by atoms with Gasteiger partial charge < -0.3 is 15.9 Å². The van der Waals surface area contributed by atoms with Gasteiger partial charge in [0.2, 0.25) is 5.78 Å². The van der Waals surface area contributed by atoms with Gasteiger partial charge in [-0.05, 0) is 12.5 Å². The molecule has 24 heavy (non-hydrogen) atoms. The molecule has 0 bridgehead atoms. The first-order chi connectivity index (χ1) is 11.6. The number of rotatable bonds is 7. The van der Waals surface area contributed by atoms with Crippen LogP contribution in [0.2, 0.25) is 0 Å². The largest absolute Gasteiger partial charge is 0.465 e. The van der Waals surface area contributed by atoms with Gasteiger partial charge in [-0.15, -0.1) is 0 Å². The van der Waals surface area contributed by atoms with E-state index in [1.165, 1.54) is 0 Å². The van der Waals surface area contributed by atoms with Gasteiger partial charge in [0.15, 0.2) is 0 Å². The van der Waals surface area contributed by atoms with E-state index in [1.807, 2.05) is 6.07 Å². The molecule has 0 aliphatic carbocycles. The summed E-state index contributed by atoms with van der Waals surface area (Å²) in [4.78, 5) is 24.7. The Bertz CT molecular complexity index is 714. The van der Waals surface area contributed by atoms with E-state index < -0.39 is 23.7 Å². The molecule has 0 heterocycles. The van der Waals surface area contributed by atoms with Crippen molar-refractivity contribution in [3.8, 4) is 0 Å². The fraction of sp³-hybridized carbons (Fsp3) is 0.211. The van der Waals surface area contributed by atoms with Crippen molar-refractivity contribution in [2.24, 2.45) is 5.73 Å². The van der Waals surface area contributed by atoms with Crippen molar-refractivity contribution >= 4 is 17.5 Å². The highest BCUT2D eigenvalue weighted by atomic mass is 16.5. The standard InChI is InChI=1S/C19H20N2O3/c1-2-24-19(23)17(21)15(13-9-5-3-6-10-13)16(20)18(22)14-11-7-4-8-12-14/h3-12,15,17,20H,2,21H2,1H3. The van der Waals surface area contributed by atoms with Gasteiger partial charge in [-0.2, -0.15) is 0 Å². The summed E-state index contributed by atoms with van der Waals surface area (Å²) in [6, 6.07) is 16.3. The van der Waals surface area contributed by atoms with Crippen molar-refractivity contribution in [3.05, 3.63) is 71.8 Å². The lowest BCUT2D eigenvalue weighted by molar-refractivity contribution is -0.144. The minimum absolute atomic E-state index is 0.189. The lowest BCUT2D eigenvalue weighted by Crippen LogP contribution is -2.43. The van der Waals surface area contributed by atoms with Gasteiger partial charge in [-0.25, -0.2) is 0 Å². The van der Waals surface area contributed by atoms with E-state index in [9.17, 15) is 9.59 Å². The van der Waals surface area contributed by atoms with Crippen molar-refractivity contribution in [1.29, 1.82) is 5.41 Å². The van der Waals surface area contributed by atoms with Gasteiger partial charge in [0, 0.05) is 5.56 Å². The van der Waals surface area contributed by atoms with Crippen LogP contribution in [-0.4, -0.2) is 30.1 Å². The molecular formula is C19H20N2O3. The first-order valence-corrected chi connectivity index (χ1v) is 7.71. The van der Waals surface area contributed by atoms with Crippen molar-refractivity contribution < 1.29 is 14.3 Å². The highest BCUT2D eigenvalue weighted by Crippen LogP contribution is 2.23. The fourth-order valence-electron chi connectivity index (χ4n) is 2.47. The Morgan fingerprint density at radius 1 is 1.04 bits per heavy atom. The molecule has 5 nitrogen and oxygen atoms in total. The number of nitrogens with two attached hydrogens (primary N) is 1. The quantitative estimate of drug-likeness (QED) is 0.465. The summed E-state index contributed by atoms with van der Waals surface area (Å²) in [5, 5.41) is 8.35. The van der Waals surface area contributed by atoms with Gasteiger partial charge in [-0.1, -0.05) is 60.7 Å². The third kappa shape index (κ3) is 3.94. The number of hydrogen-bond acceptors (Lipinski definition) is 5. The maximum Gasteiger partial charge on any atom is 0.323 e. The molecule has 0 amide bonds. The van der Waals surface area contributed by atoms with E-state index in [0.717, 1.165) is 0 Å². The summed E-state index contributed by atoms with van der Waals surface area (Å²) >= 11 is 0. The van der Waals surface area contributed by atoms with Crippen LogP contribution in [0.5, 0.6) is 0 Å². The molecule has 124 valence electrons. The second-order valence-electron chi connectivity index (χ2n) is 5.28. The molecule has 0 aromatic heterocycles. The third-order valence-electron chi connectivity index (χ3n) is 3.67. The predicted octanol–water partition coefficient (Wildman–Crippen LogP) is 2.56. The van der Waals surface area contributed by atoms with E-state index >= 15 is 0 Å². The van der Waals surface area contributed by atoms with E-state index in [2.05, 4.69) is 0 Å². The second kappa shape index (κ2) is 8.17. The van der Waals surface area contributed by atoms with Gasteiger partial charge >= 0.3 is 5.97 Å². The van der Waals surface area contributed by atoms with E-state index in [1.54, 1.807) is 61.5 Å². The average molecular weight is 324 g/mol. The first kappa shape index (κ1) is 17.6. The highest BCUT2D eigenvalue weighted by Gasteiger charge is 2.34. The number of carbonyl (C=O) groups excluding carboxylic acids is 2. The Morgan fingerprint density at radius 3 is 2.12 bits per heavy atom. The topological polar surface area (TPSA) is 93.2 Å². The molecule has 0 radical (unpaired) electrons. The molecule has 2 rings (SSSR count). The normalized spacial score (nSPS) is 12.9. The lowest BCUT2D eigenvalue weighted by atomic mass is 9.84. The molecule has 0 fully saturated rings. The number of ether oxygens (including phenoxy) is 1. The molecule has 3 N–H and O–H groups in total. The zero-order valence-electron chi connectivity index (χ0n) is 13.4. The van der Waals surface area contributed by atoms with E-state index in [0.29, 0.717) is 11.1 Å². The van der Waals surface area contributed by atoms with E-state index in [-0.39, 0.29) is 12.3 Å². The fourth-order valence-corrected chi connectivity index (χ4v) is 2.47. The van der Waals surface area contributed by atoms with Crippen molar-refractivity contribution in [2.45, 2.75) is 18.9 Å². The summed E-state index contributed by atoms with van der Waals surface area (Å²) in [6.07, 6.45) is 0. The highest BCUT2D eigenvalue weighted by molar-refractivity contribution is 6.47. The van der Waals surface area contributed by atoms with Crippen LogP contribution in [0.4, 0.5) is 0 Å². The Balaban J connectivity index is 2.37. The predicted molar refractivity (Wildman–Crippen MR) is 92.3 cm³/mol. The number of carbonyl (C=O) groups is 2. The summed E-state index contributed by atoms with van der Waals surface area (Å²) in [5.41, 5.74) is 6.82. The first-order valence-electron chi connectivity index (χ1n) is 7.71. The van der Waals surface area contributed by atoms with Gasteiger partial charge in [-0.3, -0.25) is 9.59 Å². The molecule has 2 aromatic carbocycles. The molecule has 0 aliphatic rings. The number of hydrogen-bond donors (Lipinski definition) is 2. The smallest absolute Gasteiger partial charge is 0.323 e. The zero-order chi connectivity index (χ0) is 17.5. The Kier molecular flexibility index (Phi) is 5.98. The van der Waals surface area contributed by atoms with E-state index in [4.69, 9.17) is 15.9 Å². The van der Waals surface area contributed by atoms with Gasteiger partial charge in [0.05, 0.1) is 18.2 Å². The van der Waals surface area contributed by atoms with Crippen LogP contribution in [-0.2, 0) is 9.53 Å². The van der Waals surface area contributed by atoms with Crippen LogP contribution in [0.15, 0.2) is 60.7 Å². The Morgan fingerprint density at radius 2 is 1.58 bits per heavy atom. The van der Waals surface area contributed by atoms with Crippen LogP contribution in [0.1, 0.15) is 28.8 Å². The molecule has 0 saturated carbocycles.